The number of halogens is 1. The summed E-state index contributed by atoms with van der Waals surface area (Å²) in [4.78, 5) is 2.49. The van der Waals surface area contributed by atoms with Crippen molar-refractivity contribution in [2.24, 2.45) is 11.7 Å². The van der Waals surface area contributed by atoms with E-state index in [1.807, 2.05) is 0 Å². The van der Waals surface area contributed by atoms with Crippen LogP contribution in [-0.4, -0.2) is 37.2 Å². The lowest BCUT2D eigenvalue weighted by atomic mass is 9.92. The van der Waals surface area contributed by atoms with Crippen molar-refractivity contribution in [3.63, 3.8) is 0 Å². The Morgan fingerprint density at radius 2 is 2.00 bits per heavy atom. The average Bonchev–Trinajstić information content (AvgIpc) is 2.42. The van der Waals surface area contributed by atoms with Gasteiger partial charge in [-0.2, -0.15) is 0 Å². The molecule has 2 atom stereocenters. The fourth-order valence-corrected chi connectivity index (χ4v) is 3.03. The summed E-state index contributed by atoms with van der Waals surface area (Å²) in [6.07, 6.45) is 2.53. The summed E-state index contributed by atoms with van der Waals surface area (Å²) in [7, 11) is 0. The number of ether oxygens (including phenoxy) is 1. The molecular weight excluding hydrogens is 284 g/mol. The van der Waals surface area contributed by atoms with Crippen molar-refractivity contribution in [3.05, 3.63) is 29.3 Å². The molecular formula is C17H29ClN2O. The summed E-state index contributed by atoms with van der Waals surface area (Å²) in [6, 6.07) is 6.59. The highest BCUT2D eigenvalue weighted by Crippen LogP contribution is 2.23. The average molecular weight is 313 g/mol. The summed E-state index contributed by atoms with van der Waals surface area (Å²) in [5.41, 5.74) is 8.47. The van der Waals surface area contributed by atoms with Crippen LogP contribution in [0, 0.1) is 19.8 Å². The van der Waals surface area contributed by atoms with Gasteiger partial charge in [-0.1, -0.05) is 18.2 Å². The van der Waals surface area contributed by atoms with Gasteiger partial charge in [0, 0.05) is 19.1 Å². The van der Waals surface area contributed by atoms with Crippen molar-refractivity contribution in [1.82, 2.24) is 4.90 Å². The highest BCUT2D eigenvalue weighted by molar-refractivity contribution is 5.85. The number of hydrogen-bond acceptors (Lipinski definition) is 3. The van der Waals surface area contributed by atoms with E-state index in [1.165, 1.54) is 30.5 Å². The van der Waals surface area contributed by atoms with Crippen molar-refractivity contribution in [3.8, 4) is 5.75 Å². The fraction of sp³-hybridized carbons (Fsp3) is 0.647. The molecule has 0 amide bonds. The van der Waals surface area contributed by atoms with Gasteiger partial charge in [-0.15, -0.1) is 12.4 Å². The van der Waals surface area contributed by atoms with E-state index in [-0.39, 0.29) is 12.4 Å². The third-order valence-corrected chi connectivity index (χ3v) is 4.35. The van der Waals surface area contributed by atoms with Crippen molar-refractivity contribution >= 4 is 12.4 Å². The van der Waals surface area contributed by atoms with Crippen molar-refractivity contribution in [2.75, 3.05) is 26.2 Å². The Kier molecular flexibility index (Phi) is 7.50. The van der Waals surface area contributed by atoms with Gasteiger partial charge in [-0.3, -0.25) is 4.90 Å². The third-order valence-electron chi connectivity index (χ3n) is 4.35. The molecule has 1 heterocycles. The second kappa shape index (κ2) is 8.62. The van der Waals surface area contributed by atoms with Gasteiger partial charge in [0.05, 0.1) is 0 Å². The molecule has 1 aromatic carbocycles. The van der Waals surface area contributed by atoms with Crippen LogP contribution in [0.5, 0.6) is 5.75 Å². The topological polar surface area (TPSA) is 38.5 Å². The maximum atomic E-state index is 6.03. The highest BCUT2D eigenvalue weighted by atomic mass is 35.5. The molecule has 120 valence electrons. The lowest BCUT2D eigenvalue weighted by molar-refractivity contribution is 0.137. The van der Waals surface area contributed by atoms with Gasteiger partial charge < -0.3 is 10.5 Å². The molecule has 0 saturated carbocycles. The van der Waals surface area contributed by atoms with Gasteiger partial charge >= 0.3 is 0 Å². The van der Waals surface area contributed by atoms with E-state index in [2.05, 4.69) is 43.9 Å². The van der Waals surface area contributed by atoms with Gasteiger partial charge in [0.2, 0.25) is 0 Å². The summed E-state index contributed by atoms with van der Waals surface area (Å²) in [5, 5.41) is 0. The molecule has 1 saturated heterocycles. The van der Waals surface area contributed by atoms with E-state index < -0.39 is 0 Å². The standard InChI is InChI=1S/C17H28N2O.ClH/c1-13-6-4-7-14(2)17(13)20-11-10-19-9-5-8-16(12-19)15(3)18;/h4,6-7,15-16H,5,8-12,18H2,1-3H3;1H. The van der Waals surface area contributed by atoms with Crippen LogP contribution in [0.4, 0.5) is 0 Å². The normalized spacial score (nSPS) is 20.7. The number of hydrogen-bond donors (Lipinski definition) is 1. The molecule has 1 aliphatic rings. The molecule has 21 heavy (non-hydrogen) atoms. The lowest BCUT2D eigenvalue weighted by Gasteiger charge is -2.34. The van der Waals surface area contributed by atoms with Crippen LogP contribution >= 0.6 is 12.4 Å². The van der Waals surface area contributed by atoms with E-state index in [0.29, 0.717) is 12.0 Å². The van der Waals surface area contributed by atoms with Gasteiger partial charge in [0.1, 0.15) is 12.4 Å². The second-order valence-corrected chi connectivity index (χ2v) is 6.13. The SMILES string of the molecule is Cc1cccc(C)c1OCCN1CCCC(C(C)N)C1.Cl. The number of para-hydroxylation sites is 1. The minimum atomic E-state index is 0. The summed E-state index contributed by atoms with van der Waals surface area (Å²) < 4.78 is 5.99. The fourth-order valence-electron chi connectivity index (χ4n) is 3.03. The lowest BCUT2D eigenvalue weighted by Crippen LogP contribution is -2.43. The first kappa shape index (κ1) is 18.3. The molecule has 0 radical (unpaired) electrons. The Morgan fingerprint density at radius 1 is 1.33 bits per heavy atom. The van der Waals surface area contributed by atoms with E-state index in [0.717, 1.165) is 25.4 Å². The van der Waals surface area contributed by atoms with Crippen LogP contribution in [0.15, 0.2) is 18.2 Å². The first-order valence-corrected chi connectivity index (χ1v) is 7.75. The third kappa shape index (κ3) is 5.17. The van der Waals surface area contributed by atoms with E-state index in [9.17, 15) is 0 Å². The summed E-state index contributed by atoms with van der Waals surface area (Å²) in [6.45, 7) is 10.4. The van der Waals surface area contributed by atoms with Crippen molar-refractivity contribution < 1.29 is 4.74 Å². The monoisotopic (exact) mass is 312 g/mol. The van der Waals surface area contributed by atoms with Crippen LogP contribution in [-0.2, 0) is 0 Å². The van der Waals surface area contributed by atoms with Crippen LogP contribution in [0.1, 0.15) is 30.9 Å². The largest absolute Gasteiger partial charge is 0.492 e. The molecule has 1 aromatic rings. The maximum Gasteiger partial charge on any atom is 0.125 e. The van der Waals surface area contributed by atoms with Crippen molar-refractivity contribution in [2.45, 2.75) is 39.7 Å². The smallest absolute Gasteiger partial charge is 0.125 e. The van der Waals surface area contributed by atoms with Gasteiger partial charge in [0.25, 0.3) is 0 Å². The Morgan fingerprint density at radius 3 is 2.62 bits per heavy atom. The van der Waals surface area contributed by atoms with E-state index >= 15 is 0 Å². The molecule has 3 nitrogen and oxygen atoms in total. The molecule has 2 rings (SSSR count). The first-order valence-electron chi connectivity index (χ1n) is 7.75. The zero-order valence-corrected chi connectivity index (χ0v) is 14.3. The molecule has 0 spiro atoms. The first-order chi connectivity index (χ1) is 9.58. The molecule has 2 N–H and O–H groups in total. The molecule has 0 bridgehead atoms. The predicted molar refractivity (Wildman–Crippen MR) is 91.5 cm³/mol. The summed E-state index contributed by atoms with van der Waals surface area (Å²) in [5.74, 6) is 1.69. The number of nitrogens with zero attached hydrogens (tertiary/aromatic N) is 1. The number of rotatable bonds is 5. The van der Waals surface area contributed by atoms with E-state index in [1.54, 1.807) is 0 Å². The number of likely N-dealkylation sites (tertiary alicyclic amines) is 1. The molecule has 1 aliphatic heterocycles. The number of nitrogens with two attached hydrogens (primary N) is 1. The minimum Gasteiger partial charge on any atom is -0.492 e. The van der Waals surface area contributed by atoms with Gasteiger partial charge in [-0.25, -0.2) is 0 Å². The number of aryl methyl sites for hydroxylation is 2. The Labute approximate surface area is 135 Å². The van der Waals surface area contributed by atoms with Crippen LogP contribution in [0.2, 0.25) is 0 Å². The Balaban J connectivity index is 0.00000220. The number of piperidine rings is 1. The maximum absolute atomic E-state index is 6.03. The van der Waals surface area contributed by atoms with Crippen LogP contribution in [0.3, 0.4) is 0 Å². The number of benzene rings is 1. The van der Waals surface area contributed by atoms with E-state index in [4.69, 9.17) is 10.5 Å². The second-order valence-electron chi connectivity index (χ2n) is 6.13. The van der Waals surface area contributed by atoms with Gasteiger partial charge in [0.15, 0.2) is 0 Å². The zero-order chi connectivity index (χ0) is 14.5. The van der Waals surface area contributed by atoms with Crippen LogP contribution in [0.25, 0.3) is 0 Å². The molecule has 4 heteroatoms. The Hall–Kier alpha value is -0.770. The zero-order valence-electron chi connectivity index (χ0n) is 13.5. The molecule has 1 fully saturated rings. The minimum absolute atomic E-state index is 0. The molecule has 2 unspecified atom stereocenters. The predicted octanol–water partition coefficient (Wildman–Crippen LogP) is 3.16. The highest BCUT2D eigenvalue weighted by Gasteiger charge is 2.22. The van der Waals surface area contributed by atoms with Crippen LogP contribution < -0.4 is 10.5 Å². The van der Waals surface area contributed by atoms with Crippen molar-refractivity contribution in [1.29, 1.82) is 0 Å². The molecule has 0 aromatic heterocycles. The molecule has 0 aliphatic carbocycles. The summed E-state index contributed by atoms with van der Waals surface area (Å²) >= 11 is 0. The quantitative estimate of drug-likeness (QED) is 0.907. The van der Waals surface area contributed by atoms with Gasteiger partial charge in [-0.05, 0) is 57.2 Å². The Bertz CT molecular complexity index is 417.